The molecule has 0 saturated carbocycles. The first-order valence-corrected chi connectivity index (χ1v) is 11.3. The van der Waals surface area contributed by atoms with Crippen LogP contribution in [0.1, 0.15) is 24.7 Å². The normalized spacial score (nSPS) is 11.6. The second kappa shape index (κ2) is 12.4. The van der Waals surface area contributed by atoms with Crippen molar-refractivity contribution in [1.82, 2.24) is 19.9 Å². The van der Waals surface area contributed by atoms with Crippen molar-refractivity contribution in [2.45, 2.75) is 20.3 Å². The molecule has 0 spiro atoms. The molecule has 0 unspecified atom stereocenters. The van der Waals surface area contributed by atoms with Crippen LogP contribution in [0.25, 0.3) is 16.8 Å². The van der Waals surface area contributed by atoms with E-state index in [-0.39, 0.29) is 6.61 Å². The monoisotopic (exact) mass is 477 g/mol. The molecule has 0 atom stereocenters. The quantitative estimate of drug-likeness (QED) is 0.399. The fraction of sp³-hybridized carbons (Fsp3) is 0.320. The first-order chi connectivity index (χ1) is 17.0. The molecule has 0 bridgehead atoms. The van der Waals surface area contributed by atoms with Crippen LogP contribution in [0.5, 0.6) is 17.4 Å². The second-order valence-corrected chi connectivity index (χ2v) is 7.52. The summed E-state index contributed by atoms with van der Waals surface area (Å²) in [5.41, 5.74) is 9.06. The Morgan fingerprint density at radius 3 is 2.71 bits per heavy atom. The molecule has 35 heavy (non-hydrogen) atoms. The van der Waals surface area contributed by atoms with Crippen LogP contribution in [-0.4, -0.2) is 65.1 Å². The molecule has 0 aromatic carbocycles. The van der Waals surface area contributed by atoms with Gasteiger partial charge >= 0.3 is 0 Å². The maximum absolute atomic E-state index is 9.14. The average molecular weight is 478 g/mol. The molecule has 0 saturated heterocycles. The van der Waals surface area contributed by atoms with E-state index in [9.17, 15) is 0 Å². The summed E-state index contributed by atoms with van der Waals surface area (Å²) in [5.74, 6) is 2.18. The van der Waals surface area contributed by atoms with Crippen molar-refractivity contribution in [2.24, 2.45) is 10.7 Å². The molecule has 0 aliphatic carbocycles. The van der Waals surface area contributed by atoms with E-state index in [4.69, 9.17) is 25.3 Å². The molecule has 0 fully saturated rings. The Morgan fingerprint density at radius 1 is 1.23 bits per heavy atom. The number of rotatable bonds is 11. The molecule has 10 nitrogen and oxygen atoms in total. The number of aliphatic hydroxyl groups excluding tert-OH is 1. The predicted molar refractivity (Wildman–Crippen MR) is 137 cm³/mol. The molecule has 0 aliphatic heterocycles. The number of nitrogens with two attached hydrogens (primary N) is 1. The van der Waals surface area contributed by atoms with Crippen LogP contribution in [-0.2, 0) is 0 Å². The van der Waals surface area contributed by atoms with Gasteiger partial charge in [0.2, 0.25) is 11.8 Å². The van der Waals surface area contributed by atoms with Crippen LogP contribution in [0, 0.1) is 6.92 Å². The van der Waals surface area contributed by atoms with E-state index in [0.717, 1.165) is 6.54 Å². The number of aliphatic imine (C=N–C) groups is 1. The van der Waals surface area contributed by atoms with E-state index in [1.54, 1.807) is 44.9 Å². The van der Waals surface area contributed by atoms with Gasteiger partial charge in [0, 0.05) is 63.2 Å². The lowest BCUT2D eigenvalue weighted by Crippen LogP contribution is -2.26. The lowest BCUT2D eigenvalue weighted by Gasteiger charge is -2.21. The van der Waals surface area contributed by atoms with Gasteiger partial charge < -0.3 is 25.2 Å². The molecule has 3 N–H and O–H groups in total. The first kappa shape index (κ1) is 25.6. The van der Waals surface area contributed by atoms with Crippen LogP contribution < -0.4 is 20.1 Å². The molecule has 0 aliphatic rings. The van der Waals surface area contributed by atoms with E-state index in [0.29, 0.717) is 64.5 Å². The standard InChI is InChI=1S/C25H31N7O3/c1-5-32(11-6-12-33)25-29-16-20(24(31-25)34-4)21-7-8-23(17(2)30-21)35-19-9-10-28-22(13-19)18(14-26)15-27-3/h7-10,13-16,33H,5-6,11-12,26H2,1-4H3. The van der Waals surface area contributed by atoms with Crippen molar-refractivity contribution >= 4 is 17.7 Å². The van der Waals surface area contributed by atoms with E-state index < -0.39 is 0 Å². The van der Waals surface area contributed by atoms with Crippen molar-refractivity contribution in [3.05, 3.63) is 54.2 Å². The van der Waals surface area contributed by atoms with Crippen LogP contribution in [0.2, 0.25) is 0 Å². The number of ether oxygens (including phenoxy) is 2. The highest BCUT2D eigenvalue weighted by Gasteiger charge is 2.16. The molecule has 3 heterocycles. The number of aromatic nitrogens is 4. The van der Waals surface area contributed by atoms with Gasteiger partial charge in [0.25, 0.3) is 0 Å². The van der Waals surface area contributed by atoms with E-state index in [1.165, 1.54) is 6.20 Å². The van der Waals surface area contributed by atoms with Gasteiger partial charge in [0.05, 0.1) is 29.8 Å². The third kappa shape index (κ3) is 6.30. The zero-order valence-electron chi connectivity index (χ0n) is 20.5. The van der Waals surface area contributed by atoms with Gasteiger partial charge in [-0.15, -0.1) is 0 Å². The molecular weight excluding hydrogens is 446 g/mol. The SMILES string of the molecule is CCN(CCCO)c1ncc(-c2ccc(Oc3ccnc(C(C=NC)=CN)c3)c(C)n2)c(OC)n1. The molecule has 3 aromatic rings. The summed E-state index contributed by atoms with van der Waals surface area (Å²) in [4.78, 5) is 24.1. The Hall–Kier alpha value is -4.05. The third-order valence-corrected chi connectivity index (χ3v) is 5.20. The minimum Gasteiger partial charge on any atom is -0.480 e. The summed E-state index contributed by atoms with van der Waals surface area (Å²) < 4.78 is 11.6. The van der Waals surface area contributed by atoms with E-state index in [1.807, 2.05) is 30.9 Å². The lowest BCUT2D eigenvalue weighted by molar-refractivity contribution is 0.289. The number of nitrogens with zero attached hydrogens (tertiary/aromatic N) is 6. The predicted octanol–water partition coefficient (Wildman–Crippen LogP) is 3.25. The number of aryl methyl sites for hydroxylation is 1. The largest absolute Gasteiger partial charge is 0.480 e. The first-order valence-electron chi connectivity index (χ1n) is 11.3. The van der Waals surface area contributed by atoms with Gasteiger partial charge in [-0.05, 0) is 38.5 Å². The van der Waals surface area contributed by atoms with Crippen LogP contribution in [0.15, 0.2) is 47.9 Å². The Labute approximate surface area is 205 Å². The molecule has 10 heteroatoms. The van der Waals surface area contributed by atoms with Crippen molar-refractivity contribution in [1.29, 1.82) is 0 Å². The Bertz CT molecular complexity index is 1200. The van der Waals surface area contributed by atoms with Crippen molar-refractivity contribution in [2.75, 3.05) is 38.8 Å². The maximum atomic E-state index is 9.14. The number of anilines is 1. The smallest absolute Gasteiger partial charge is 0.228 e. The zero-order chi connectivity index (χ0) is 25.2. The van der Waals surface area contributed by atoms with E-state index >= 15 is 0 Å². The molecule has 184 valence electrons. The Balaban J connectivity index is 1.86. The van der Waals surface area contributed by atoms with E-state index in [2.05, 4.69) is 19.9 Å². The van der Waals surface area contributed by atoms with Gasteiger partial charge in [-0.3, -0.25) is 9.98 Å². The summed E-state index contributed by atoms with van der Waals surface area (Å²) in [6.45, 7) is 5.37. The maximum Gasteiger partial charge on any atom is 0.228 e. The minimum absolute atomic E-state index is 0.113. The lowest BCUT2D eigenvalue weighted by atomic mass is 10.2. The second-order valence-electron chi connectivity index (χ2n) is 7.52. The number of aliphatic hydroxyl groups is 1. The fourth-order valence-electron chi connectivity index (χ4n) is 3.40. The van der Waals surface area contributed by atoms with Gasteiger partial charge in [0.1, 0.15) is 11.5 Å². The number of hydrogen-bond acceptors (Lipinski definition) is 10. The number of hydrogen-bond donors (Lipinski definition) is 2. The summed E-state index contributed by atoms with van der Waals surface area (Å²) in [6, 6.07) is 7.24. The van der Waals surface area contributed by atoms with Gasteiger partial charge in [0.15, 0.2) is 0 Å². The number of methoxy groups -OCH3 is 1. The van der Waals surface area contributed by atoms with Crippen molar-refractivity contribution in [3.8, 4) is 28.6 Å². The zero-order valence-corrected chi connectivity index (χ0v) is 20.5. The van der Waals surface area contributed by atoms with Crippen LogP contribution >= 0.6 is 0 Å². The minimum atomic E-state index is 0.113. The van der Waals surface area contributed by atoms with Crippen LogP contribution in [0.4, 0.5) is 5.95 Å². The summed E-state index contributed by atoms with van der Waals surface area (Å²) >= 11 is 0. The molecule has 3 rings (SSSR count). The highest BCUT2D eigenvalue weighted by molar-refractivity contribution is 6.08. The van der Waals surface area contributed by atoms with Gasteiger partial charge in [-0.1, -0.05) is 0 Å². The number of allylic oxidation sites excluding steroid dienone is 1. The number of pyridine rings is 2. The summed E-state index contributed by atoms with van der Waals surface area (Å²) in [5, 5.41) is 9.14. The van der Waals surface area contributed by atoms with Crippen molar-refractivity contribution < 1.29 is 14.6 Å². The highest BCUT2D eigenvalue weighted by atomic mass is 16.5. The van der Waals surface area contributed by atoms with Gasteiger partial charge in [-0.2, -0.15) is 4.98 Å². The molecular formula is C25H31N7O3. The average Bonchev–Trinajstić information content (AvgIpc) is 2.89. The topological polar surface area (TPSA) is 132 Å². The molecule has 0 radical (unpaired) electrons. The summed E-state index contributed by atoms with van der Waals surface area (Å²) in [7, 11) is 3.24. The fourth-order valence-corrected chi connectivity index (χ4v) is 3.40. The van der Waals surface area contributed by atoms with Gasteiger partial charge in [-0.25, -0.2) is 9.97 Å². The summed E-state index contributed by atoms with van der Waals surface area (Å²) in [6.07, 6.45) is 7.09. The Kier molecular flexibility index (Phi) is 9.08. The highest BCUT2D eigenvalue weighted by Crippen LogP contribution is 2.32. The van der Waals surface area contributed by atoms with Crippen LogP contribution in [0.3, 0.4) is 0 Å². The Morgan fingerprint density at radius 2 is 2.06 bits per heavy atom. The third-order valence-electron chi connectivity index (χ3n) is 5.20. The molecule has 3 aromatic heterocycles. The molecule has 0 amide bonds. The van der Waals surface area contributed by atoms with Crippen molar-refractivity contribution in [3.63, 3.8) is 0 Å².